The molecule has 15 heavy (non-hydrogen) atoms. The highest BCUT2D eigenvalue weighted by Gasteiger charge is 2.40. The molecule has 78 valence electrons. The van der Waals surface area contributed by atoms with Crippen molar-refractivity contribution in [2.75, 3.05) is 16.4 Å². The second kappa shape index (κ2) is 3.80. The lowest BCUT2D eigenvalue weighted by molar-refractivity contribution is 0.877. The Bertz CT molecular complexity index is 354. The van der Waals surface area contributed by atoms with E-state index in [2.05, 4.69) is 59.3 Å². The van der Waals surface area contributed by atoms with Crippen molar-refractivity contribution in [3.8, 4) is 0 Å². The van der Waals surface area contributed by atoms with Gasteiger partial charge >= 0.3 is 0 Å². The third-order valence-corrected chi connectivity index (χ3v) is 5.91. The van der Waals surface area contributed by atoms with Gasteiger partial charge in [0, 0.05) is 17.2 Å². The Labute approximate surface area is 98.9 Å². The van der Waals surface area contributed by atoms with E-state index in [1.807, 2.05) is 6.08 Å². The molecule has 0 saturated carbocycles. The van der Waals surface area contributed by atoms with Gasteiger partial charge < -0.3 is 4.90 Å². The van der Waals surface area contributed by atoms with E-state index in [1.54, 1.807) is 0 Å². The molecule has 2 unspecified atom stereocenters. The summed E-state index contributed by atoms with van der Waals surface area (Å²) in [7, 11) is 0. The molecule has 2 aliphatic heterocycles. The molecule has 0 aromatic heterocycles. The second-order valence-corrected chi connectivity index (χ2v) is 6.20. The minimum atomic E-state index is 0.703. The van der Waals surface area contributed by atoms with Crippen molar-refractivity contribution in [2.24, 2.45) is 0 Å². The van der Waals surface area contributed by atoms with Crippen molar-refractivity contribution in [3.63, 3.8) is 0 Å². The lowest BCUT2D eigenvalue weighted by atomic mass is 10.2. The van der Waals surface area contributed by atoms with Crippen LogP contribution in [0.5, 0.6) is 0 Å². The van der Waals surface area contributed by atoms with Crippen LogP contribution in [0.2, 0.25) is 0 Å². The zero-order valence-corrected chi connectivity index (χ0v) is 10.1. The van der Waals surface area contributed by atoms with E-state index in [0.717, 1.165) is 0 Å². The predicted octanol–water partition coefficient (Wildman–Crippen LogP) is 3.28. The van der Waals surface area contributed by atoms with Crippen molar-refractivity contribution in [1.82, 2.24) is 0 Å². The lowest BCUT2D eigenvalue weighted by Gasteiger charge is -2.22. The lowest BCUT2D eigenvalue weighted by Crippen LogP contribution is -2.28. The SMILES string of the molecule is C=Cc1ccc(N2C3CSC2CS3)cc1. The van der Waals surface area contributed by atoms with E-state index in [4.69, 9.17) is 0 Å². The highest BCUT2D eigenvalue weighted by Crippen LogP contribution is 2.46. The van der Waals surface area contributed by atoms with Crippen LogP contribution in [-0.4, -0.2) is 22.3 Å². The smallest absolute Gasteiger partial charge is 0.0854 e. The van der Waals surface area contributed by atoms with Gasteiger partial charge in [-0.15, -0.1) is 23.5 Å². The molecule has 1 aromatic rings. The van der Waals surface area contributed by atoms with Crippen LogP contribution in [0.4, 0.5) is 5.69 Å². The average molecular weight is 235 g/mol. The van der Waals surface area contributed by atoms with Gasteiger partial charge in [-0.25, -0.2) is 0 Å². The van der Waals surface area contributed by atoms with Gasteiger partial charge in [0.05, 0.1) is 10.7 Å². The molecule has 0 radical (unpaired) electrons. The maximum absolute atomic E-state index is 3.78. The Morgan fingerprint density at radius 3 is 2.20 bits per heavy atom. The molecule has 3 rings (SSSR count). The summed E-state index contributed by atoms with van der Waals surface area (Å²) in [5.41, 5.74) is 2.57. The molecule has 2 bridgehead atoms. The van der Waals surface area contributed by atoms with Crippen molar-refractivity contribution in [1.29, 1.82) is 0 Å². The Morgan fingerprint density at radius 2 is 1.73 bits per heavy atom. The molecular formula is C12H13NS2. The van der Waals surface area contributed by atoms with E-state index in [0.29, 0.717) is 10.7 Å². The summed E-state index contributed by atoms with van der Waals surface area (Å²) >= 11 is 4.18. The van der Waals surface area contributed by atoms with E-state index < -0.39 is 0 Å². The number of hydrogen-bond donors (Lipinski definition) is 0. The highest BCUT2D eigenvalue weighted by atomic mass is 32.2. The molecule has 2 atom stereocenters. The maximum atomic E-state index is 3.78. The molecule has 0 amide bonds. The Balaban J connectivity index is 1.89. The molecule has 1 aromatic carbocycles. The van der Waals surface area contributed by atoms with Gasteiger partial charge in [0.15, 0.2) is 0 Å². The summed E-state index contributed by atoms with van der Waals surface area (Å²) in [5.74, 6) is 2.55. The van der Waals surface area contributed by atoms with E-state index >= 15 is 0 Å². The molecule has 0 N–H and O–H groups in total. The van der Waals surface area contributed by atoms with Crippen LogP contribution in [-0.2, 0) is 0 Å². The summed E-state index contributed by atoms with van der Waals surface area (Å²) in [6.45, 7) is 3.78. The van der Waals surface area contributed by atoms with Gasteiger partial charge in [0.25, 0.3) is 0 Å². The van der Waals surface area contributed by atoms with Crippen molar-refractivity contribution in [2.45, 2.75) is 10.7 Å². The monoisotopic (exact) mass is 235 g/mol. The summed E-state index contributed by atoms with van der Waals surface area (Å²) in [6.07, 6.45) is 1.89. The molecule has 0 aliphatic carbocycles. The minimum absolute atomic E-state index is 0.703. The van der Waals surface area contributed by atoms with Crippen LogP contribution >= 0.6 is 23.5 Å². The number of hydrogen-bond acceptors (Lipinski definition) is 3. The van der Waals surface area contributed by atoms with E-state index in [-0.39, 0.29) is 0 Å². The normalized spacial score (nSPS) is 28.4. The Morgan fingerprint density at radius 1 is 1.13 bits per heavy atom. The van der Waals surface area contributed by atoms with Crippen LogP contribution in [0, 0.1) is 0 Å². The summed E-state index contributed by atoms with van der Waals surface area (Å²) < 4.78 is 0. The van der Waals surface area contributed by atoms with E-state index in [1.165, 1.54) is 22.8 Å². The first-order valence-corrected chi connectivity index (χ1v) is 7.22. The van der Waals surface area contributed by atoms with Crippen LogP contribution in [0.15, 0.2) is 30.8 Å². The van der Waals surface area contributed by atoms with Gasteiger partial charge in [-0.05, 0) is 17.7 Å². The maximum Gasteiger partial charge on any atom is 0.0854 e. The quantitative estimate of drug-likeness (QED) is 0.774. The fraction of sp³-hybridized carbons (Fsp3) is 0.333. The van der Waals surface area contributed by atoms with Crippen molar-refractivity contribution < 1.29 is 0 Å². The number of benzene rings is 1. The molecule has 2 saturated heterocycles. The summed E-state index contributed by atoms with van der Waals surface area (Å²) in [4.78, 5) is 2.56. The first-order valence-electron chi connectivity index (χ1n) is 5.12. The third kappa shape index (κ3) is 1.58. The zero-order chi connectivity index (χ0) is 10.3. The van der Waals surface area contributed by atoms with Crippen LogP contribution in [0.3, 0.4) is 0 Å². The fourth-order valence-electron chi connectivity index (χ4n) is 2.10. The molecule has 2 aliphatic rings. The number of anilines is 1. The van der Waals surface area contributed by atoms with Crippen LogP contribution < -0.4 is 4.90 Å². The largest absolute Gasteiger partial charge is 0.346 e. The van der Waals surface area contributed by atoms with E-state index in [9.17, 15) is 0 Å². The van der Waals surface area contributed by atoms with Gasteiger partial charge in [-0.3, -0.25) is 0 Å². The number of nitrogens with zero attached hydrogens (tertiary/aromatic N) is 1. The zero-order valence-electron chi connectivity index (χ0n) is 8.43. The van der Waals surface area contributed by atoms with Crippen LogP contribution in [0.25, 0.3) is 6.08 Å². The molecular weight excluding hydrogens is 222 g/mol. The minimum Gasteiger partial charge on any atom is -0.346 e. The average Bonchev–Trinajstić information content (AvgIpc) is 2.89. The Hall–Kier alpha value is -0.540. The standard InChI is InChI=1S/C12H13NS2/c1-2-9-3-5-10(6-4-9)13-11-7-14-12(13)8-15-11/h2-6,11-12H,1,7-8H2. The van der Waals surface area contributed by atoms with Crippen molar-refractivity contribution >= 4 is 35.3 Å². The fourth-order valence-corrected chi connectivity index (χ4v) is 5.38. The second-order valence-electron chi connectivity index (χ2n) is 3.78. The number of rotatable bonds is 2. The van der Waals surface area contributed by atoms with Gasteiger partial charge in [-0.1, -0.05) is 24.8 Å². The first-order chi connectivity index (χ1) is 7.38. The topological polar surface area (TPSA) is 3.24 Å². The van der Waals surface area contributed by atoms with Crippen molar-refractivity contribution in [3.05, 3.63) is 36.4 Å². The van der Waals surface area contributed by atoms with Gasteiger partial charge in [-0.2, -0.15) is 0 Å². The molecule has 1 nitrogen and oxygen atoms in total. The third-order valence-electron chi connectivity index (χ3n) is 2.91. The predicted molar refractivity (Wildman–Crippen MR) is 71.5 cm³/mol. The molecule has 2 fully saturated rings. The molecule has 0 spiro atoms. The van der Waals surface area contributed by atoms with Gasteiger partial charge in [0.1, 0.15) is 0 Å². The molecule has 2 heterocycles. The number of thioether (sulfide) groups is 2. The Kier molecular flexibility index (Phi) is 2.45. The summed E-state index contributed by atoms with van der Waals surface area (Å²) in [6, 6.07) is 8.73. The first kappa shape index (κ1) is 9.67. The molecule has 3 heteroatoms. The highest BCUT2D eigenvalue weighted by molar-refractivity contribution is 8.08. The van der Waals surface area contributed by atoms with Crippen LogP contribution in [0.1, 0.15) is 5.56 Å². The summed E-state index contributed by atoms with van der Waals surface area (Å²) in [5, 5.41) is 1.41. The number of fused-ring (bicyclic) bond motifs is 2. The van der Waals surface area contributed by atoms with Gasteiger partial charge in [0.2, 0.25) is 0 Å².